The fraction of sp³-hybridized carbons (Fsp3) is 0.400. The fourth-order valence-corrected chi connectivity index (χ4v) is 3.92. The van der Waals surface area contributed by atoms with Gasteiger partial charge in [-0.15, -0.1) is 0 Å². The predicted molar refractivity (Wildman–Crippen MR) is 93.8 cm³/mol. The topological polar surface area (TPSA) is 45.2 Å². The first kappa shape index (κ1) is 17.1. The molecular formula is C20H21F2N3O. The summed E-state index contributed by atoms with van der Waals surface area (Å²) in [6, 6.07) is 7.91. The molecule has 136 valence electrons. The second-order valence-corrected chi connectivity index (χ2v) is 7.21. The van der Waals surface area contributed by atoms with Crippen LogP contribution in [0.15, 0.2) is 42.7 Å². The van der Waals surface area contributed by atoms with Gasteiger partial charge < -0.3 is 10.2 Å². The number of nitrogens with one attached hydrogen (secondary N) is 1. The van der Waals surface area contributed by atoms with Gasteiger partial charge in [-0.3, -0.25) is 9.78 Å². The van der Waals surface area contributed by atoms with E-state index in [1.54, 1.807) is 24.5 Å². The molecule has 4 rings (SSSR count). The van der Waals surface area contributed by atoms with Crippen LogP contribution in [0.25, 0.3) is 0 Å². The fourth-order valence-electron chi connectivity index (χ4n) is 3.92. The van der Waals surface area contributed by atoms with Gasteiger partial charge in [0, 0.05) is 43.6 Å². The Kier molecular flexibility index (Phi) is 4.68. The average Bonchev–Trinajstić information content (AvgIpc) is 3.05. The first-order valence-corrected chi connectivity index (χ1v) is 9.00. The van der Waals surface area contributed by atoms with Crippen LogP contribution < -0.4 is 5.32 Å². The zero-order valence-corrected chi connectivity index (χ0v) is 14.4. The molecule has 2 aliphatic rings. The van der Waals surface area contributed by atoms with E-state index in [9.17, 15) is 13.6 Å². The molecule has 2 fully saturated rings. The van der Waals surface area contributed by atoms with Gasteiger partial charge in [0.15, 0.2) is 0 Å². The predicted octanol–water partition coefficient (Wildman–Crippen LogP) is 3.11. The second-order valence-electron chi connectivity index (χ2n) is 7.21. The highest BCUT2D eigenvalue weighted by atomic mass is 19.1. The highest BCUT2D eigenvalue weighted by Crippen LogP contribution is 2.38. The Hall–Kier alpha value is -2.34. The largest absolute Gasteiger partial charge is 0.337 e. The second kappa shape index (κ2) is 7.11. The van der Waals surface area contributed by atoms with Crippen molar-refractivity contribution >= 4 is 5.91 Å². The normalized spacial score (nSPS) is 25.2. The maximum absolute atomic E-state index is 13.3. The van der Waals surface area contributed by atoms with Gasteiger partial charge in [-0.05, 0) is 55.0 Å². The minimum atomic E-state index is -0.517. The van der Waals surface area contributed by atoms with Crippen molar-refractivity contribution in [3.8, 4) is 0 Å². The summed E-state index contributed by atoms with van der Waals surface area (Å²) in [7, 11) is 0. The Labute approximate surface area is 151 Å². The van der Waals surface area contributed by atoms with Gasteiger partial charge in [-0.1, -0.05) is 0 Å². The molecule has 2 heterocycles. The summed E-state index contributed by atoms with van der Waals surface area (Å²) in [6.07, 6.45) is 5.91. The Morgan fingerprint density at radius 1 is 1.15 bits per heavy atom. The SMILES string of the molecule is O=C(c1cccnc1)N1CCC(NC2CC(c3cc(F)cc(F)c3)C2)C1. The molecule has 0 spiro atoms. The molecule has 4 nitrogen and oxygen atoms in total. The number of hydrogen-bond donors (Lipinski definition) is 1. The number of likely N-dealkylation sites (tertiary alicyclic amines) is 1. The molecule has 1 saturated carbocycles. The van der Waals surface area contributed by atoms with Gasteiger partial charge in [0.1, 0.15) is 11.6 Å². The summed E-state index contributed by atoms with van der Waals surface area (Å²) >= 11 is 0. The van der Waals surface area contributed by atoms with E-state index in [-0.39, 0.29) is 17.9 Å². The molecule has 1 aliphatic heterocycles. The van der Waals surface area contributed by atoms with E-state index >= 15 is 0 Å². The molecule has 1 unspecified atom stereocenters. The maximum atomic E-state index is 13.3. The number of carbonyl (C=O) groups is 1. The zero-order chi connectivity index (χ0) is 18.1. The lowest BCUT2D eigenvalue weighted by Gasteiger charge is -2.38. The van der Waals surface area contributed by atoms with E-state index in [4.69, 9.17) is 0 Å². The number of halogens is 2. The van der Waals surface area contributed by atoms with Crippen LogP contribution >= 0.6 is 0 Å². The van der Waals surface area contributed by atoms with Crippen LogP contribution in [-0.2, 0) is 0 Å². The van der Waals surface area contributed by atoms with Crippen LogP contribution in [0.2, 0.25) is 0 Å². The molecule has 1 aromatic carbocycles. The highest BCUT2D eigenvalue weighted by Gasteiger charge is 2.35. The van der Waals surface area contributed by atoms with Crippen molar-refractivity contribution < 1.29 is 13.6 Å². The van der Waals surface area contributed by atoms with E-state index in [0.29, 0.717) is 18.2 Å². The third kappa shape index (κ3) is 3.60. The van der Waals surface area contributed by atoms with Crippen LogP contribution in [0.3, 0.4) is 0 Å². The lowest BCUT2D eigenvalue weighted by atomic mass is 9.75. The Bertz CT molecular complexity index is 773. The molecule has 2 aromatic rings. The van der Waals surface area contributed by atoms with Crippen LogP contribution in [0.4, 0.5) is 8.78 Å². The smallest absolute Gasteiger partial charge is 0.255 e. The molecule has 6 heteroatoms. The molecule has 0 bridgehead atoms. The Balaban J connectivity index is 1.27. The van der Waals surface area contributed by atoms with Crippen LogP contribution in [0, 0.1) is 11.6 Å². The molecule has 26 heavy (non-hydrogen) atoms. The number of aromatic nitrogens is 1. The van der Waals surface area contributed by atoms with E-state index < -0.39 is 11.6 Å². The minimum Gasteiger partial charge on any atom is -0.337 e. The van der Waals surface area contributed by atoms with E-state index in [1.807, 2.05) is 4.90 Å². The maximum Gasteiger partial charge on any atom is 0.255 e. The van der Waals surface area contributed by atoms with E-state index in [1.165, 1.54) is 12.1 Å². The molecule has 1 aliphatic carbocycles. The highest BCUT2D eigenvalue weighted by molar-refractivity contribution is 5.94. The van der Waals surface area contributed by atoms with Gasteiger partial charge in [0.25, 0.3) is 5.91 Å². The minimum absolute atomic E-state index is 0.0177. The van der Waals surface area contributed by atoms with Crippen LogP contribution in [0.1, 0.15) is 41.1 Å². The molecule has 1 aromatic heterocycles. The van der Waals surface area contributed by atoms with Crippen molar-refractivity contribution in [3.63, 3.8) is 0 Å². The monoisotopic (exact) mass is 357 g/mol. The average molecular weight is 357 g/mol. The third-order valence-corrected chi connectivity index (χ3v) is 5.35. The molecule has 0 radical (unpaired) electrons. The van der Waals surface area contributed by atoms with Gasteiger partial charge in [-0.25, -0.2) is 8.78 Å². The van der Waals surface area contributed by atoms with Crippen molar-refractivity contribution in [2.45, 2.75) is 37.3 Å². The lowest BCUT2D eigenvalue weighted by Crippen LogP contribution is -2.46. The van der Waals surface area contributed by atoms with Crippen LogP contribution in [0.5, 0.6) is 0 Å². The van der Waals surface area contributed by atoms with Gasteiger partial charge in [0.05, 0.1) is 5.56 Å². The molecule has 1 saturated heterocycles. The number of nitrogens with zero attached hydrogens (tertiary/aromatic N) is 2. The zero-order valence-electron chi connectivity index (χ0n) is 14.4. The molecular weight excluding hydrogens is 336 g/mol. The molecule has 1 atom stereocenters. The summed E-state index contributed by atoms with van der Waals surface area (Å²) in [5.41, 5.74) is 1.35. The number of hydrogen-bond acceptors (Lipinski definition) is 3. The lowest BCUT2D eigenvalue weighted by molar-refractivity contribution is 0.0787. The van der Waals surface area contributed by atoms with Crippen molar-refractivity contribution in [2.75, 3.05) is 13.1 Å². The summed E-state index contributed by atoms with van der Waals surface area (Å²) in [6.45, 7) is 1.42. The van der Waals surface area contributed by atoms with E-state index in [0.717, 1.165) is 37.4 Å². The number of benzene rings is 1. The Morgan fingerprint density at radius 2 is 1.92 bits per heavy atom. The molecule has 1 N–H and O–H groups in total. The van der Waals surface area contributed by atoms with Crippen LogP contribution in [-0.4, -0.2) is 41.0 Å². The first-order valence-electron chi connectivity index (χ1n) is 9.00. The van der Waals surface area contributed by atoms with Crippen molar-refractivity contribution in [2.24, 2.45) is 0 Å². The van der Waals surface area contributed by atoms with Gasteiger partial charge in [0.2, 0.25) is 0 Å². The standard InChI is InChI=1S/C20H21F2N3O/c21-16-6-14(7-17(22)10-16)15-8-19(9-15)24-18-3-5-25(12-18)20(26)13-2-1-4-23-11-13/h1-2,4,6-7,10-11,15,18-19,24H,3,5,8-9,12H2. The van der Waals surface area contributed by atoms with Crippen molar-refractivity contribution in [1.29, 1.82) is 0 Å². The van der Waals surface area contributed by atoms with Gasteiger partial charge in [-0.2, -0.15) is 0 Å². The van der Waals surface area contributed by atoms with E-state index in [2.05, 4.69) is 10.3 Å². The summed E-state index contributed by atoms with van der Waals surface area (Å²) in [5.74, 6) is -0.815. The first-order chi connectivity index (χ1) is 12.6. The quantitative estimate of drug-likeness (QED) is 0.915. The summed E-state index contributed by atoms with van der Waals surface area (Å²) in [4.78, 5) is 18.3. The number of carbonyl (C=O) groups excluding carboxylic acids is 1. The summed E-state index contributed by atoms with van der Waals surface area (Å²) in [5, 5.41) is 3.58. The Morgan fingerprint density at radius 3 is 2.62 bits per heavy atom. The summed E-state index contributed by atoms with van der Waals surface area (Å²) < 4.78 is 26.7. The number of amides is 1. The van der Waals surface area contributed by atoms with Crippen molar-refractivity contribution in [3.05, 3.63) is 65.5 Å². The third-order valence-electron chi connectivity index (χ3n) is 5.35. The van der Waals surface area contributed by atoms with Crippen molar-refractivity contribution in [1.82, 2.24) is 15.2 Å². The number of pyridine rings is 1. The van der Waals surface area contributed by atoms with Gasteiger partial charge >= 0.3 is 0 Å². The number of rotatable bonds is 4. The molecule has 1 amide bonds.